The molecule has 0 heterocycles. The Morgan fingerprint density at radius 3 is 2.50 bits per heavy atom. The summed E-state index contributed by atoms with van der Waals surface area (Å²) in [5, 5.41) is 8.29. The van der Waals surface area contributed by atoms with Crippen LogP contribution < -0.4 is 10.5 Å². The van der Waals surface area contributed by atoms with E-state index in [1.54, 1.807) is 0 Å². The van der Waals surface area contributed by atoms with Crippen molar-refractivity contribution in [3.05, 3.63) is 24.0 Å². The maximum Gasteiger partial charge on any atom is 0.283 e. The molecule has 0 spiro atoms. The van der Waals surface area contributed by atoms with E-state index in [0.29, 0.717) is 0 Å². The Kier molecular flexibility index (Phi) is 4.20. The highest BCUT2D eigenvalue weighted by Gasteiger charge is 2.31. The van der Waals surface area contributed by atoms with Crippen LogP contribution in [-0.2, 0) is 10.0 Å². The zero-order valence-electron chi connectivity index (χ0n) is 9.03. The predicted molar refractivity (Wildman–Crippen MR) is 58.0 cm³/mol. The van der Waals surface area contributed by atoms with E-state index in [4.69, 9.17) is 10.8 Å². The summed E-state index contributed by atoms with van der Waals surface area (Å²) in [7, 11) is -4.51. The van der Waals surface area contributed by atoms with Crippen LogP contribution in [0.1, 0.15) is 0 Å². The fourth-order valence-electron chi connectivity index (χ4n) is 1.14. The van der Waals surface area contributed by atoms with Crippen molar-refractivity contribution in [2.45, 2.75) is 10.8 Å². The molecule has 4 N–H and O–H groups in total. The lowest BCUT2D eigenvalue weighted by atomic mass is 10.3. The van der Waals surface area contributed by atoms with E-state index in [1.165, 1.54) is 10.8 Å². The Balaban J connectivity index is 3.01. The highest BCUT2D eigenvalue weighted by Crippen LogP contribution is 2.22. The van der Waals surface area contributed by atoms with Crippen LogP contribution in [0.25, 0.3) is 0 Å². The molecule has 102 valence electrons. The molecule has 0 atom stereocenters. The van der Waals surface area contributed by atoms with E-state index in [0.717, 1.165) is 12.1 Å². The summed E-state index contributed by atoms with van der Waals surface area (Å²) in [5.74, 6) is -4.78. The van der Waals surface area contributed by atoms with Crippen LogP contribution in [0, 0.1) is 5.82 Å². The molecule has 0 aliphatic carbocycles. The molecule has 0 saturated heterocycles. The van der Waals surface area contributed by atoms with Gasteiger partial charge in [0.2, 0.25) is 10.0 Å². The molecular formula is C9H11F3N2O3S. The molecule has 0 amide bonds. The number of aliphatic hydroxyl groups is 1. The van der Waals surface area contributed by atoms with Crippen molar-refractivity contribution in [3.63, 3.8) is 0 Å². The van der Waals surface area contributed by atoms with Crippen LogP contribution in [0.4, 0.5) is 18.9 Å². The second-order valence-corrected chi connectivity index (χ2v) is 5.20. The first-order chi connectivity index (χ1) is 8.19. The minimum atomic E-state index is -4.51. The highest BCUT2D eigenvalue weighted by molar-refractivity contribution is 7.89. The average molecular weight is 284 g/mol. The predicted octanol–water partition coefficient (Wildman–Crippen LogP) is 0.314. The highest BCUT2D eigenvalue weighted by atomic mass is 32.2. The fraction of sp³-hybridized carbons (Fsp3) is 0.333. The Morgan fingerprint density at radius 2 is 2.00 bits per heavy atom. The van der Waals surface area contributed by atoms with Gasteiger partial charge in [-0.3, -0.25) is 0 Å². The summed E-state index contributed by atoms with van der Waals surface area (Å²) in [5.41, 5.74) is 4.89. The number of halogens is 3. The second-order valence-electron chi connectivity index (χ2n) is 3.50. The topological polar surface area (TPSA) is 92.4 Å². The average Bonchev–Trinajstić information content (AvgIpc) is 2.26. The van der Waals surface area contributed by atoms with Gasteiger partial charge in [-0.15, -0.1) is 0 Å². The molecule has 0 fully saturated rings. The Hall–Kier alpha value is -1.32. The summed E-state index contributed by atoms with van der Waals surface area (Å²) in [6, 6.07) is 3.16. The van der Waals surface area contributed by atoms with Gasteiger partial charge in [-0.05, 0) is 12.1 Å². The Morgan fingerprint density at radius 1 is 1.39 bits per heavy atom. The van der Waals surface area contributed by atoms with Crippen molar-refractivity contribution < 1.29 is 26.7 Å². The number of nitrogens with one attached hydrogen (secondary N) is 1. The maximum absolute atomic E-state index is 13.3. The number of rotatable bonds is 5. The summed E-state index contributed by atoms with van der Waals surface area (Å²) in [6.07, 6.45) is 0. The van der Waals surface area contributed by atoms with Crippen LogP contribution in [0.2, 0.25) is 0 Å². The third kappa shape index (κ3) is 3.34. The van der Waals surface area contributed by atoms with Crippen molar-refractivity contribution in [1.29, 1.82) is 0 Å². The van der Waals surface area contributed by atoms with E-state index in [2.05, 4.69) is 0 Å². The minimum Gasteiger partial charge on any atom is -0.398 e. The third-order valence-electron chi connectivity index (χ3n) is 2.02. The van der Waals surface area contributed by atoms with E-state index < -0.39 is 45.5 Å². The van der Waals surface area contributed by atoms with Gasteiger partial charge in [0.15, 0.2) is 0 Å². The molecule has 1 rings (SSSR count). The zero-order valence-corrected chi connectivity index (χ0v) is 9.85. The molecule has 0 saturated carbocycles. The van der Waals surface area contributed by atoms with Gasteiger partial charge in [0, 0.05) is 0 Å². The van der Waals surface area contributed by atoms with Gasteiger partial charge in [-0.2, -0.15) is 0 Å². The van der Waals surface area contributed by atoms with Crippen molar-refractivity contribution in [2.75, 3.05) is 18.9 Å². The molecule has 0 aromatic heterocycles. The van der Waals surface area contributed by atoms with Crippen LogP contribution in [-0.4, -0.2) is 32.6 Å². The van der Waals surface area contributed by atoms with Crippen molar-refractivity contribution in [2.24, 2.45) is 0 Å². The molecule has 1 aromatic carbocycles. The smallest absolute Gasteiger partial charge is 0.283 e. The molecular weight excluding hydrogens is 273 g/mol. The van der Waals surface area contributed by atoms with Gasteiger partial charge in [0.1, 0.15) is 17.3 Å². The standard InChI is InChI=1S/C9H11F3N2O3S/c10-6-2-1-3-7(13)8(6)18(16,17)14-4-9(11,12)5-15/h1-3,14-15H,4-5,13H2. The van der Waals surface area contributed by atoms with Gasteiger partial charge >= 0.3 is 0 Å². The number of benzene rings is 1. The molecule has 1 aromatic rings. The van der Waals surface area contributed by atoms with Crippen molar-refractivity contribution in [1.82, 2.24) is 4.72 Å². The number of hydrogen-bond acceptors (Lipinski definition) is 4. The first-order valence-corrected chi connectivity index (χ1v) is 6.20. The van der Waals surface area contributed by atoms with E-state index in [-0.39, 0.29) is 0 Å². The molecule has 0 unspecified atom stereocenters. The molecule has 5 nitrogen and oxygen atoms in total. The summed E-state index contributed by atoms with van der Waals surface area (Å²) >= 11 is 0. The van der Waals surface area contributed by atoms with Crippen LogP contribution in [0.3, 0.4) is 0 Å². The van der Waals surface area contributed by atoms with E-state index >= 15 is 0 Å². The van der Waals surface area contributed by atoms with Gasteiger partial charge in [-0.1, -0.05) is 6.07 Å². The maximum atomic E-state index is 13.3. The van der Waals surface area contributed by atoms with Crippen LogP contribution in [0.5, 0.6) is 0 Å². The summed E-state index contributed by atoms with van der Waals surface area (Å²) in [4.78, 5) is -0.890. The number of nitrogens with two attached hydrogens (primary N) is 1. The summed E-state index contributed by atoms with van der Waals surface area (Å²) < 4.78 is 63.4. The molecule has 18 heavy (non-hydrogen) atoms. The largest absolute Gasteiger partial charge is 0.398 e. The van der Waals surface area contributed by atoms with Gasteiger partial charge in [-0.25, -0.2) is 26.3 Å². The number of nitrogen functional groups attached to an aromatic ring is 1. The number of alkyl halides is 2. The number of sulfonamides is 1. The quantitative estimate of drug-likeness (QED) is 0.679. The lowest BCUT2D eigenvalue weighted by Crippen LogP contribution is -2.39. The summed E-state index contributed by atoms with van der Waals surface area (Å²) in [6.45, 7) is -2.87. The van der Waals surface area contributed by atoms with Gasteiger partial charge in [0.05, 0.1) is 12.2 Å². The third-order valence-corrected chi connectivity index (χ3v) is 3.51. The lowest BCUT2D eigenvalue weighted by molar-refractivity contribution is -0.0437. The first kappa shape index (κ1) is 14.7. The number of aliphatic hydroxyl groups excluding tert-OH is 1. The normalized spacial score (nSPS) is 12.7. The minimum absolute atomic E-state index is 0.394. The van der Waals surface area contributed by atoms with Gasteiger partial charge < -0.3 is 10.8 Å². The fourth-order valence-corrected chi connectivity index (χ4v) is 2.39. The Labute approximate surface area is 101 Å². The van der Waals surface area contributed by atoms with Crippen LogP contribution >= 0.6 is 0 Å². The molecule has 0 bridgehead atoms. The molecule has 9 heteroatoms. The van der Waals surface area contributed by atoms with Gasteiger partial charge in [0.25, 0.3) is 5.92 Å². The van der Waals surface area contributed by atoms with E-state index in [1.807, 2.05) is 0 Å². The zero-order chi connectivity index (χ0) is 14.0. The van der Waals surface area contributed by atoms with E-state index in [9.17, 15) is 21.6 Å². The number of hydrogen-bond donors (Lipinski definition) is 3. The Bertz CT molecular complexity index is 514. The molecule has 0 radical (unpaired) electrons. The van der Waals surface area contributed by atoms with Crippen LogP contribution in [0.15, 0.2) is 23.1 Å². The second kappa shape index (κ2) is 5.12. The number of anilines is 1. The molecule has 0 aliphatic heterocycles. The first-order valence-electron chi connectivity index (χ1n) is 4.72. The monoisotopic (exact) mass is 284 g/mol. The lowest BCUT2D eigenvalue weighted by Gasteiger charge is -2.15. The van der Waals surface area contributed by atoms with Crippen molar-refractivity contribution >= 4 is 15.7 Å². The molecule has 0 aliphatic rings. The SMILES string of the molecule is Nc1cccc(F)c1S(=O)(=O)NCC(F)(F)CO. The van der Waals surface area contributed by atoms with Crippen molar-refractivity contribution in [3.8, 4) is 0 Å².